The fraction of sp³-hybridized carbons (Fsp3) is 0.304. The van der Waals surface area contributed by atoms with Crippen molar-refractivity contribution in [2.24, 2.45) is 5.10 Å². The highest BCUT2D eigenvalue weighted by Gasteiger charge is 2.12. The van der Waals surface area contributed by atoms with E-state index in [0.717, 1.165) is 21.3 Å². The molecule has 2 aromatic carbocycles. The lowest BCUT2D eigenvalue weighted by Gasteiger charge is -2.14. The topological polar surface area (TPSA) is 121 Å². The van der Waals surface area contributed by atoms with E-state index in [1.807, 2.05) is 18.2 Å². The minimum absolute atomic E-state index is 0.0597. The van der Waals surface area contributed by atoms with E-state index in [1.165, 1.54) is 28.7 Å². The minimum Gasteiger partial charge on any atom is -0.493 e. The van der Waals surface area contributed by atoms with Gasteiger partial charge in [-0.2, -0.15) is 5.10 Å². The number of carbonyl (C=O) groups is 1. The van der Waals surface area contributed by atoms with Crippen LogP contribution < -0.4 is 25.4 Å². The fourth-order valence-corrected chi connectivity index (χ4v) is 4.45. The number of anilines is 1. The Morgan fingerprint density at radius 3 is 2.71 bits per heavy atom. The molecule has 0 aliphatic carbocycles. The molecule has 1 aromatic heterocycles. The van der Waals surface area contributed by atoms with Gasteiger partial charge in [0.15, 0.2) is 11.5 Å². The van der Waals surface area contributed by atoms with Crippen molar-refractivity contribution in [3.8, 4) is 17.2 Å². The van der Waals surface area contributed by atoms with E-state index in [2.05, 4.69) is 63.2 Å². The van der Waals surface area contributed by atoms with Gasteiger partial charge in [-0.1, -0.05) is 24.3 Å². The van der Waals surface area contributed by atoms with Gasteiger partial charge >= 0.3 is 0 Å². The number of nitrogens with zero attached hydrogens (tertiary/aromatic N) is 3. The molecule has 0 bridgehead atoms. The molecule has 0 atom stereocenters. The Balaban J connectivity index is 1.54. The van der Waals surface area contributed by atoms with E-state index >= 15 is 0 Å². The van der Waals surface area contributed by atoms with Gasteiger partial charge in [0.25, 0.3) is 0 Å². The summed E-state index contributed by atoms with van der Waals surface area (Å²) in [6, 6.07) is 9.89. The molecule has 3 aromatic rings. The molecule has 34 heavy (non-hydrogen) atoms. The molecule has 0 radical (unpaired) electrons. The predicted molar refractivity (Wildman–Crippen MR) is 141 cm³/mol. The van der Waals surface area contributed by atoms with Gasteiger partial charge in [0.2, 0.25) is 11.0 Å². The molecule has 1 heterocycles. The number of hydrogen-bond donors (Lipinski definition) is 2. The van der Waals surface area contributed by atoms with Crippen LogP contribution in [-0.2, 0) is 17.6 Å². The molecular formula is C23H26IN5O4S. The molecule has 180 valence electrons. The van der Waals surface area contributed by atoms with Crippen molar-refractivity contribution in [3.63, 3.8) is 0 Å². The number of nitrogens with two attached hydrogens (primary N) is 1. The molecule has 9 nitrogen and oxygen atoms in total. The van der Waals surface area contributed by atoms with Crippen LogP contribution in [-0.4, -0.2) is 42.6 Å². The SMILES string of the molecule is CCc1cc(C)cc(OCCOc2c(I)cc(C=NNC(=O)Cc3nnc(N)s3)cc2OC)c1. The maximum atomic E-state index is 12.0. The molecule has 3 N–H and O–H groups in total. The smallest absolute Gasteiger partial charge is 0.247 e. The number of benzene rings is 2. The highest BCUT2D eigenvalue weighted by atomic mass is 127. The number of halogens is 1. The van der Waals surface area contributed by atoms with E-state index in [1.54, 1.807) is 13.2 Å². The Labute approximate surface area is 215 Å². The maximum absolute atomic E-state index is 12.0. The van der Waals surface area contributed by atoms with Gasteiger partial charge in [-0.05, 0) is 76.9 Å². The van der Waals surface area contributed by atoms with Crippen LogP contribution in [0.3, 0.4) is 0 Å². The summed E-state index contributed by atoms with van der Waals surface area (Å²) in [5.74, 6) is 1.71. The number of ether oxygens (including phenoxy) is 3. The van der Waals surface area contributed by atoms with Gasteiger partial charge in [-0.3, -0.25) is 4.79 Å². The van der Waals surface area contributed by atoms with E-state index in [9.17, 15) is 4.79 Å². The Hall–Kier alpha value is -2.93. The molecule has 0 spiro atoms. The third kappa shape index (κ3) is 7.55. The van der Waals surface area contributed by atoms with Crippen LogP contribution in [0.5, 0.6) is 17.2 Å². The van der Waals surface area contributed by atoms with Crippen LogP contribution in [0, 0.1) is 10.5 Å². The molecule has 11 heteroatoms. The summed E-state index contributed by atoms with van der Waals surface area (Å²) in [6.07, 6.45) is 2.55. The van der Waals surface area contributed by atoms with Gasteiger partial charge in [0.1, 0.15) is 24.0 Å². The van der Waals surface area contributed by atoms with Crippen LogP contribution in [0.1, 0.15) is 28.6 Å². The zero-order valence-corrected chi connectivity index (χ0v) is 22.1. The standard InChI is InChI=1S/C23H26IN5O4S/c1-4-15-7-14(2)8-17(9-15)32-5-6-33-22-18(24)10-16(11-19(22)31-3)13-26-27-20(30)12-21-28-29-23(25)34-21/h7-11,13H,4-6,12H2,1-3H3,(H2,25,29)(H,27,30). The zero-order valence-electron chi connectivity index (χ0n) is 19.1. The van der Waals surface area contributed by atoms with Gasteiger partial charge in [0, 0.05) is 0 Å². The average Bonchev–Trinajstić information content (AvgIpc) is 3.21. The monoisotopic (exact) mass is 595 g/mol. The van der Waals surface area contributed by atoms with Crippen LogP contribution in [0.25, 0.3) is 0 Å². The van der Waals surface area contributed by atoms with E-state index in [4.69, 9.17) is 19.9 Å². The summed E-state index contributed by atoms with van der Waals surface area (Å²) in [5, 5.41) is 12.3. The second-order valence-corrected chi connectivity index (χ2v) is 9.50. The van der Waals surface area contributed by atoms with Gasteiger partial charge in [0.05, 0.1) is 23.3 Å². The minimum atomic E-state index is -0.311. The Morgan fingerprint density at radius 1 is 1.21 bits per heavy atom. The Kier molecular flexibility index (Phi) is 9.45. The number of amides is 1. The highest BCUT2D eigenvalue weighted by Crippen LogP contribution is 2.33. The molecule has 0 unspecified atom stereocenters. The number of aromatic nitrogens is 2. The third-order valence-corrected chi connectivity index (χ3v) is 6.12. The summed E-state index contributed by atoms with van der Waals surface area (Å²) in [6.45, 7) is 4.94. The number of rotatable bonds is 11. The third-order valence-electron chi connectivity index (χ3n) is 4.57. The van der Waals surface area contributed by atoms with Gasteiger partial charge in [-0.15, -0.1) is 10.2 Å². The van der Waals surface area contributed by atoms with Crippen molar-refractivity contribution >= 4 is 51.2 Å². The lowest BCUT2D eigenvalue weighted by molar-refractivity contribution is -0.120. The summed E-state index contributed by atoms with van der Waals surface area (Å²) in [5.41, 5.74) is 11.1. The van der Waals surface area contributed by atoms with Crippen molar-refractivity contribution in [1.82, 2.24) is 15.6 Å². The molecule has 0 aliphatic rings. The van der Waals surface area contributed by atoms with Crippen LogP contribution in [0.2, 0.25) is 0 Å². The maximum Gasteiger partial charge on any atom is 0.247 e. The van der Waals surface area contributed by atoms with Crippen molar-refractivity contribution in [1.29, 1.82) is 0 Å². The molecular weight excluding hydrogens is 569 g/mol. The molecule has 0 aliphatic heterocycles. The summed E-state index contributed by atoms with van der Waals surface area (Å²) < 4.78 is 18.1. The van der Waals surface area contributed by atoms with Crippen LogP contribution in [0.15, 0.2) is 35.4 Å². The quantitative estimate of drug-likeness (QED) is 0.150. The van der Waals surface area contributed by atoms with Gasteiger partial charge in [-0.25, -0.2) is 5.43 Å². The predicted octanol–water partition coefficient (Wildman–Crippen LogP) is 3.75. The first-order valence-electron chi connectivity index (χ1n) is 10.5. The van der Waals surface area contributed by atoms with Crippen molar-refractivity contribution in [2.75, 3.05) is 26.1 Å². The molecule has 0 saturated heterocycles. The largest absolute Gasteiger partial charge is 0.493 e. The number of nitrogen functional groups attached to an aromatic ring is 1. The Morgan fingerprint density at radius 2 is 2.00 bits per heavy atom. The number of aryl methyl sites for hydroxylation is 2. The first-order chi connectivity index (χ1) is 16.4. The van der Waals surface area contributed by atoms with E-state index in [0.29, 0.717) is 34.9 Å². The highest BCUT2D eigenvalue weighted by molar-refractivity contribution is 14.1. The lowest BCUT2D eigenvalue weighted by Crippen LogP contribution is -2.19. The van der Waals surface area contributed by atoms with Crippen LogP contribution >= 0.6 is 33.9 Å². The first kappa shape index (κ1) is 25.7. The number of carbonyl (C=O) groups excluding carboxylic acids is 1. The molecule has 0 fully saturated rings. The first-order valence-corrected chi connectivity index (χ1v) is 12.4. The van der Waals surface area contributed by atoms with E-state index < -0.39 is 0 Å². The second-order valence-electron chi connectivity index (χ2n) is 7.24. The average molecular weight is 595 g/mol. The lowest BCUT2D eigenvalue weighted by atomic mass is 10.1. The summed E-state index contributed by atoms with van der Waals surface area (Å²) >= 11 is 3.34. The summed E-state index contributed by atoms with van der Waals surface area (Å²) in [7, 11) is 1.57. The number of nitrogens with one attached hydrogen (secondary N) is 1. The van der Waals surface area contributed by atoms with Crippen molar-refractivity contribution in [3.05, 3.63) is 55.6 Å². The van der Waals surface area contributed by atoms with Gasteiger partial charge < -0.3 is 19.9 Å². The van der Waals surface area contributed by atoms with Crippen molar-refractivity contribution in [2.45, 2.75) is 26.7 Å². The Bertz CT molecular complexity index is 1170. The second kappa shape index (κ2) is 12.5. The normalized spacial score (nSPS) is 10.9. The number of methoxy groups -OCH3 is 1. The zero-order chi connectivity index (χ0) is 24.5. The fourth-order valence-electron chi connectivity index (χ4n) is 3.06. The summed E-state index contributed by atoms with van der Waals surface area (Å²) in [4.78, 5) is 12.0. The molecule has 1 amide bonds. The van der Waals surface area contributed by atoms with E-state index in [-0.39, 0.29) is 12.3 Å². The van der Waals surface area contributed by atoms with Crippen molar-refractivity contribution < 1.29 is 19.0 Å². The number of hydrazone groups is 1. The van der Waals surface area contributed by atoms with Crippen LogP contribution in [0.4, 0.5) is 5.13 Å². The molecule has 3 rings (SSSR count). The molecule has 0 saturated carbocycles. The number of hydrogen-bond acceptors (Lipinski definition) is 9.